The Labute approximate surface area is 173 Å². The maximum atomic E-state index is 6.29. The summed E-state index contributed by atoms with van der Waals surface area (Å²) in [6, 6.07) is 4.06. The lowest BCUT2D eigenvalue weighted by Gasteiger charge is -2.34. The van der Waals surface area contributed by atoms with Crippen LogP contribution in [0.3, 0.4) is 0 Å². The van der Waals surface area contributed by atoms with E-state index in [4.69, 9.17) is 16.3 Å². The van der Waals surface area contributed by atoms with Crippen LogP contribution in [0.25, 0.3) is 0 Å². The fraction of sp³-hybridized carbons (Fsp3) is 0.700. The predicted molar refractivity (Wildman–Crippen MR) is 115 cm³/mol. The summed E-state index contributed by atoms with van der Waals surface area (Å²) in [6.45, 7) is 11.0. The fourth-order valence-corrected chi connectivity index (χ4v) is 4.11. The van der Waals surface area contributed by atoms with Gasteiger partial charge in [0.25, 0.3) is 0 Å². The van der Waals surface area contributed by atoms with E-state index in [-0.39, 0.29) is 6.10 Å². The second kappa shape index (κ2) is 10.3. The van der Waals surface area contributed by atoms with Crippen molar-refractivity contribution in [3.8, 4) is 0 Å². The molecule has 2 atom stereocenters. The van der Waals surface area contributed by atoms with Gasteiger partial charge in [0.05, 0.1) is 17.7 Å². The maximum absolute atomic E-state index is 6.29. The Balaban J connectivity index is 1.44. The molecule has 7 nitrogen and oxygen atoms in total. The second-order valence-electron chi connectivity index (χ2n) is 7.98. The molecule has 0 aromatic carbocycles. The van der Waals surface area contributed by atoms with E-state index in [1.54, 1.807) is 6.20 Å². The van der Waals surface area contributed by atoms with Crippen molar-refractivity contribution < 1.29 is 4.74 Å². The zero-order chi connectivity index (χ0) is 19.9. The third kappa shape index (κ3) is 5.96. The zero-order valence-electron chi connectivity index (χ0n) is 17.2. The van der Waals surface area contributed by atoms with Crippen molar-refractivity contribution in [2.45, 2.75) is 32.4 Å². The summed E-state index contributed by atoms with van der Waals surface area (Å²) in [4.78, 5) is 13.5. The summed E-state index contributed by atoms with van der Waals surface area (Å²) < 4.78 is 5.92. The van der Waals surface area contributed by atoms with Gasteiger partial charge in [-0.05, 0) is 24.5 Å². The minimum absolute atomic E-state index is 0.193. The van der Waals surface area contributed by atoms with Crippen LogP contribution >= 0.6 is 11.6 Å². The Morgan fingerprint density at radius 2 is 2.25 bits per heavy atom. The van der Waals surface area contributed by atoms with Gasteiger partial charge in [-0.3, -0.25) is 9.89 Å². The van der Waals surface area contributed by atoms with E-state index in [0.29, 0.717) is 17.0 Å². The highest BCUT2D eigenvalue weighted by atomic mass is 35.5. The molecule has 0 spiro atoms. The molecule has 2 aliphatic rings. The Hall–Kier alpha value is -1.57. The molecule has 1 aromatic rings. The highest BCUT2D eigenvalue weighted by molar-refractivity contribution is 6.32. The number of halogens is 1. The monoisotopic (exact) mass is 408 g/mol. The largest absolute Gasteiger partial charge is 0.374 e. The first-order valence-corrected chi connectivity index (χ1v) is 10.6. The van der Waals surface area contributed by atoms with Gasteiger partial charge < -0.3 is 20.3 Å². The number of pyridine rings is 1. The van der Waals surface area contributed by atoms with Gasteiger partial charge in [0.1, 0.15) is 5.82 Å². The van der Waals surface area contributed by atoms with Crippen LogP contribution in [0.4, 0.5) is 5.82 Å². The minimum Gasteiger partial charge on any atom is -0.374 e. The number of aliphatic imine (C=N–C) groups is 1. The summed E-state index contributed by atoms with van der Waals surface area (Å²) in [7, 11) is 1.81. The zero-order valence-corrected chi connectivity index (χ0v) is 18.0. The third-order valence-corrected chi connectivity index (χ3v) is 5.43. The van der Waals surface area contributed by atoms with E-state index in [0.717, 1.165) is 64.1 Å². The van der Waals surface area contributed by atoms with Gasteiger partial charge >= 0.3 is 0 Å². The number of aromatic nitrogens is 1. The molecule has 156 valence electrons. The van der Waals surface area contributed by atoms with Crippen LogP contribution in [0, 0.1) is 5.92 Å². The quantitative estimate of drug-likeness (QED) is 0.553. The van der Waals surface area contributed by atoms with Gasteiger partial charge in [-0.25, -0.2) is 4.98 Å². The van der Waals surface area contributed by atoms with Gasteiger partial charge in [0.2, 0.25) is 0 Å². The van der Waals surface area contributed by atoms with Crippen molar-refractivity contribution in [3.05, 3.63) is 23.4 Å². The second-order valence-corrected chi connectivity index (χ2v) is 8.39. The summed E-state index contributed by atoms with van der Waals surface area (Å²) in [6.07, 6.45) is 3.00. The molecule has 2 unspecified atom stereocenters. The molecular formula is C20H33ClN6O. The van der Waals surface area contributed by atoms with Gasteiger partial charge in [0, 0.05) is 58.6 Å². The molecule has 2 fully saturated rings. The highest BCUT2D eigenvalue weighted by Gasteiger charge is 2.26. The molecule has 0 bridgehead atoms. The van der Waals surface area contributed by atoms with Gasteiger partial charge in [-0.2, -0.15) is 0 Å². The Bertz CT molecular complexity index is 655. The standard InChI is InChI=1S/C20H33ClN6O/c1-15(2)12-26-9-10-28-17(14-26)11-24-20(22-3)25-16-6-8-27(13-16)19-18(21)5-4-7-23-19/h4-5,7,15-17H,6,8-14H2,1-3H3,(H2,22,24,25). The van der Waals surface area contributed by atoms with Gasteiger partial charge in [-0.15, -0.1) is 0 Å². The highest BCUT2D eigenvalue weighted by Crippen LogP contribution is 2.25. The van der Waals surface area contributed by atoms with Crippen molar-refractivity contribution >= 4 is 23.4 Å². The van der Waals surface area contributed by atoms with Crippen LogP contribution < -0.4 is 15.5 Å². The van der Waals surface area contributed by atoms with Crippen LogP contribution in [0.5, 0.6) is 0 Å². The lowest BCUT2D eigenvalue weighted by Crippen LogP contribution is -2.51. The molecule has 1 aromatic heterocycles. The van der Waals surface area contributed by atoms with Crippen molar-refractivity contribution in [3.63, 3.8) is 0 Å². The predicted octanol–water partition coefficient (Wildman–Crippen LogP) is 1.84. The molecule has 0 radical (unpaired) electrons. The van der Waals surface area contributed by atoms with Crippen molar-refractivity contribution in [1.29, 1.82) is 0 Å². The molecule has 2 aliphatic heterocycles. The number of ether oxygens (including phenoxy) is 1. The molecule has 3 heterocycles. The SMILES string of the molecule is CN=C(NCC1CN(CC(C)C)CCO1)NC1CCN(c2ncccc2Cl)C1. The number of guanidine groups is 1. The molecule has 0 aliphatic carbocycles. The van der Waals surface area contributed by atoms with E-state index < -0.39 is 0 Å². The lowest BCUT2D eigenvalue weighted by molar-refractivity contribution is -0.0284. The normalized spacial score (nSPS) is 24.0. The smallest absolute Gasteiger partial charge is 0.191 e. The minimum atomic E-state index is 0.193. The number of nitrogens with zero attached hydrogens (tertiary/aromatic N) is 4. The molecule has 0 amide bonds. The van der Waals surface area contributed by atoms with E-state index in [9.17, 15) is 0 Å². The Kier molecular flexibility index (Phi) is 7.76. The van der Waals surface area contributed by atoms with Crippen LogP contribution in [0.2, 0.25) is 5.02 Å². The fourth-order valence-electron chi connectivity index (χ4n) is 3.87. The molecule has 2 N–H and O–H groups in total. The van der Waals surface area contributed by atoms with E-state index in [1.807, 2.05) is 19.2 Å². The van der Waals surface area contributed by atoms with Crippen LogP contribution in [-0.2, 0) is 4.74 Å². The van der Waals surface area contributed by atoms with Gasteiger partial charge in [-0.1, -0.05) is 25.4 Å². The van der Waals surface area contributed by atoms with Crippen LogP contribution in [-0.4, -0.2) is 80.9 Å². The third-order valence-electron chi connectivity index (χ3n) is 5.13. The summed E-state index contributed by atoms with van der Waals surface area (Å²) >= 11 is 6.29. The van der Waals surface area contributed by atoms with Gasteiger partial charge in [0.15, 0.2) is 5.96 Å². The first kappa shape index (κ1) is 21.1. The molecule has 28 heavy (non-hydrogen) atoms. The topological polar surface area (TPSA) is 65.0 Å². The van der Waals surface area contributed by atoms with E-state index in [1.165, 1.54) is 0 Å². The number of morpholine rings is 1. The van der Waals surface area contributed by atoms with Crippen LogP contribution in [0.15, 0.2) is 23.3 Å². The molecular weight excluding hydrogens is 376 g/mol. The number of anilines is 1. The van der Waals surface area contributed by atoms with Crippen LogP contribution in [0.1, 0.15) is 20.3 Å². The molecule has 2 saturated heterocycles. The number of hydrogen-bond acceptors (Lipinski definition) is 5. The summed E-state index contributed by atoms with van der Waals surface area (Å²) in [5.74, 6) is 2.36. The van der Waals surface area contributed by atoms with E-state index >= 15 is 0 Å². The Morgan fingerprint density at radius 3 is 3.00 bits per heavy atom. The number of hydrogen-bond donors (Lipinski definition) is 2. The summed E-state index contributed by atoms with van der Waals surface area (Å²) in [5.41, 5.74) is 0. The maximum Gasteiger partial charge on any atom is 0.191 e. The number of nitrogens with one attached hydrogen (secondary N) is 2. The molecule has 0 saturated carbocycles. The van der Waals surface area contributed by atoms with Crippen molar-refractivity contribution in [1.82, 2.24) is 20.5 Å². The first-order valence-electron chi connectivity index (χ1n) is 10.2. The molecule has 3 rings (SSSR count). The molecule has 8 heteroatoms. The van der Waals surface area contributed by atoms with Crippen molar-refractivity contribution in [2.75, 3.05) is 57.8 Å². The Morgan fingerprint density at radius 1 is 1.39 bits per heavy atom. The average molecular weight is 409 g/mol. The summed E-state index contributed by atoms with van der Waals surface area (Å²) in [5, 5.41) is 7.66. The lowest BCUT2D eigenvalue weighted by atomic mass is 10.2. The van der Waals surface area contributed by atoms with E-state index in [2.05, 4.69) is 44.3 Å². The number of rotatable bonds is 6. The first-order chi connectivity index (χ1) is 13.5. The van der Waals surface area contributed by atoms with Crippen molar-refractivity contribution in [2.24, 2.45) is 10.9 Å². The average Bonchev–Trinajstić information content (AvgIpc) is 3.13.